The first-order chi connectivity index (χ1) is 9.95. The first-order valence-electron chi connectivity index (χ1n) is 7.17. The highest BCUT2D eigenvalue weighted by molar-refractivity contribution is 5.79. The van der Waals surface area contributed by atoms with Crippen LogP contribution in [0.15, 0.2) is 36.9 Å². The SMILES string of the molecule is CC(C)(C)c1nc2cc(N)ccc2n1CCn1ccnc1. The quantitative estimate of drug-likeness (QED) is 0.752. The molecule has 0 radical (unpaired) electrons. The maximum Gasteiger partial charge on any atom is 0.115 e. The Morgan fingerprint density at radius 1 is 1.19 bits per heavy atom. The first kappa shape index (κ1) is 13.7. The van der Waals surface area contributed by atoms with E-state index in [9.17, 15) is 0 Å². The Labute approximate surface area is 124 Å². The predicted molar refractivity (Wildman–Crippen MR) is 85.1 cm³/mol. The van der Waals surface area contributed by atoms with Crippen LogP contribution in [-0.2, 0) is 18.5 Å². The zero-order valence-electron chi connectivity index (χ0n) is 12.7. The lowest BCUT2D eigenvalue weighted by Crippen LogP contribution is -2.20. The van der Waals surface area contributed by atoms with E-state index in [0.717, 1.165) is 35.6 Å². The summed E-state index contributed by atoms with van der Waals surface area (Å²) in [5, 5.41) is 0. The van der Waals surface area contributed by atoms with Crippen LogP contribution in [0.25, 0.3) is 11.0 Å². The minimum Gasteiger partial charge on any atom is -0.399 e. The number of nitrogens with two attached hydrogens (primary N) is 1. The van der Waals surface area contributed by atoms with Crippen LogP contribution in [0.1, 0.15) is 26.6 Å². The molecule has 110 valence electrons. The highest BCUT2D eigenvalue weighted by Crippen LogP contribution is 2.27. The lowest BCUT2D eigenvalue weighted by molar-refractivity contribution is 0.483. The van der Waals surface area contributed by atoms with Crippen molar-refractivity contribution in [1.29, 1.82) is 0 Å². The molecule has 0 fully saturated rings. The van der Waals surface area contributed by atoms with Gasteiger partial charge >= 0.3 is 0 Å². The van der Waals surface area contributed by atoms with Gasteiger partial charge in [0.2, 0.25) is 0 Å². The molecule has 5 nitrogen and oxygen atoms in total. The van der Waals surface area contributed by atoms with Crippen molar-refractivity contribution in [2.24, 2.45) is 0 Å². The number of rotatable bonds is 3. The van der Waals surface area contributed by atoms with E-state index in [0.29, 0.717) is 0 Å². The van der Waals surface area contributed by atoms with E-state index >= 15 is 0 Å². The van der Waals surface area contributed by atoms with Crippen molar-refractivity contribution in [3.63, 3.8) is 0 Å². The van der Waals surface area contributed by atoms with Gasteiger partial charge in [-0.1, -0.05) is 20.8 Å². The second kappa shape index (κ2) is 4.91. The highest BCUT2D eigenvalue weighted by Gasteiger charge is 2.22. The summed E-state index contributed by atoms with van der Waals surface area (Å²) in [6.07, 6.45) is 5.62. The molecule has 2 N–H and O–H groups in total. The number of nitrogen functional groups attached to an aromatic ring is 1. The van der Waals surface area contributed by atoms with Gasteiger partial charge in [0, 0.05) is 36.6 Å². The summed E-state index contributed by atoms with van der Waals surface area (Å²) in [6, 6.07) is 5.93. The molecule has 0 aliphatic carbocycles. The number of benzene rings is 1. The zero-order valence-corrected chi connectivity index (χ0v) is 12.7. The average Bonchev–Trinajstić information content (AvgIpc) is 3.01. The molecule has 0 saturated heterocycles. The molecule has 3 rings (SSSR count). The summed E-state index contributed by atoms with van der Waals surface area (Å²) in [5.41, 5.74) is 8.72. The summed E-state index contributed by atoms with van der Waals surface area (Å²) >= 11 is 0. The summed E-state index contributed by atoms with van der Waals surface area (Å²) < 4.78 is 4.37. The van der Waals surface area contributed by atoms with Crippen molar-refractivity contribution in [1.82, 2.24) is 19.1 Å². The Hall–Kier alpha value is -2.30. The maximum absolute atomic E-state index is 5.88. The fourth-order valence-electron chi connectivity index (χ4n) is 2.58. The molecule has 3 aromatic rings. The second-order valence-electron chi connectivity index (χ2n) is 6.39. The summed E-state index contributed by atoms with van der Waals surface area (Å²) in [6.45, 7) is 8.30. The Morgan fingerprint density at radius 2 is 2.00 bits per heavy atom. The minimum absolute atomic E-state index is 0.0112. The van der Waals surface area contributed by atoms with Crippen LogP contribution < -0.4 is 5.73 Å². The largest absolute Gasteiger partial charge is 0.399 e. The van der Waals surface area contributed by atoms with Gasteiger partial charge in [-0.3, -0.25) is 0 Å². The third-order valence-corrected chi connectivity index (χ3v) is 3.58. The Bertz CT molecular complexity index is 747. The summed E-state index contributed by atoms with van der Waals surface area (Å²) in [4.78, 5) is 8.89. The molecular weight excluding hydrogens is 262 g/mol. The van der Waals surface area contributed by atoms with Crippen LogP contribution in [0, 0.1) is 0 Å². The smallest absolute Gasteiger partial charge is 0.115 e. The van der Waals surface area contributed by atoms with E-state index in [-0.39, 0.29) is 5.41 Å². The standard InChI is InChI=1S/C16H21N5/c1-16(2,3)15-19-13-10-12(17)4-5-14(13)21(15)9-8-20-7-6-18-11-20/h4-7,10-11H,8-9,17H2,1-3H3. The third-order valence-electron chi connectivity index (χ3n) is 3.58. The summed E-state index contributed by atoms with van der Waals surface area (Å²) in [5.74, 6) is 1.09. The number of hydrogen-bond acceptors (Lipinski definition) is 3. The van der Waals surface area contributed by atoms with Crippen LogP contribution in [-0.4, -0.2) is 19.1 Å². The van der Waals surface area contributed by atoms with Gasteiger partial charge in [0.15, 0.2) is 0 Å². The fourth-order valence-corrected chi connectivity index (χ4v) is 2.58. The van der Waals surface area contributed by atoms with Gasteiger partial charge in [-0.15, -0.1) is 0 Å². The number of hydrogen-bond donors (Lipinski definition) is 1. The number of nitrogens with zero attached hydrogens (tertiary/aromatic N) is 4. The van der Waals surface area contributed by atoms with Crippen molar-refractivity contribution >= 4 is 16.7 Å². The van der Waals surface area contributed by atoms with Gasteiger partial charge in [0.05, 0.1) is 17.4 Å². The first-order valence-corrected chi connectivity index (χ1v) is 7.17. The van der Waals surface area contributed by atoms with Gasteiger partial charge in [-0.2, -0.15) is 0 Å². The van der Waals surface area contributed by atoms with Crippen LogP contribution in [0.3, 0.4) is 0 Å². The number of aryl methyl sites for hydroxylation is 2. The third kappa shape index (κ3) is 2.63. The van der Waals surface area contributed by atoms with E-state index in [1.807, 2.05) is 24.7 Å². The van der Waals surface area contributed by atoms with Crippen molar-refractivity contribution in [3.05, 3.63) is 42.7 Å². The van der Waals surface area contributed by atoms with Gasteiger partial charge < -0.3 is 14.9 Å². The molecule has 0 atom stereocenters. The molecule has 1 aromatic carbocycles. The van der Waals surface area contributed by atoms with Crippen molar-refractivity contribution < 1.29 is 0 Å². The van der Waals surface area contributed by atoms with E-state index in [1.54, 1.807) is 6.20 Å². The molecule has 0 amide bonds. The van der Waals surface area contributed by atoms with Crippen LogP contribution in [0.5, 0.6) is 0 Å². The monoisotopic (exact) mass is 283 g/mol. The Balaban J connectivity index is 2.05. The molecule has 21 heavy (non-hydrogen) atoms. The van der Waals surface area contributed by atoms with Crippen LogP contribution >= 0.6 is 0 Å². The predicted octanol–water partition coefficient (Wildman–Crippen LogP) is 2.81. The molecule has 5 heteroatoms. The fraction of sp³-hybridized carbons (Fsp3) is 0.375. The van der Waals surface area contributed by atoms with Crippen molar-refractivity contribution in [2.75, 3.05) is 5.73 Å². The van der Waals surface area contributed by atoms with E-state index in [4.69, 9.17) is 10.7 Å². The number of imidazole rings is 2. The maximum atomic E-state index is 5.88. The molecule has 0 unspecified atom stereocenters. The topological polar surface area (TPSA) is 61.7 Å². The molecular formula is C16H21N5. The van der Waals surface area contributed by atoms with Crippen LogP contribution in [0.2, 0.25) is 0 Å². The molecule has 0 aliphatic rings. The van der Waals surface area contributed by atoms with Gasteiger partial charge in [-0.25, -0.2) is 9.97 Å². The van der Waals surface area contributed by atoms with E-state index in [2.05, 4.69) is 41.0 Å². The molecule has 0 aliphatic heterocycles. The van der Waals surface area contributed by atoms with E-state index in [1.165, 1.54) is 0 Å². The lowest BCUT2D eigenvalue weighted by atomic mass is 9.95. The van der Waals surface area contributed by atoms with Gasteiger partial charge in [0.25, 0.3) is 0 Å². The lowest BCUT2D eigenvalue weighted by Gasteiger charge is -2.20. The number of aromatic nitrogens is 4. The zero-order chi connectivity index (χ0) is 15.0. The highest BCUT2D eigenvalue weighted by atomic mass is 15.1. The van der Waals surface area contributed by atoms with Gasteiger partial charge in [0.1, 0.15) is 5.82 Å². The van der Waals surface area contributed by atoms with Crippen LogP contribution in [0.4, 0.5) is 5.69 Å². The van der Waals surface area contributed by atoms with E-state index < -0.39 is 0 Å². The van der Waals surface area contributed by atoms with Crippen molar-refractivity contribution in [2.45, 2.75) is 39.3 Å². The minimum atomic E-state index is -0.0112. The Morgan fingerprint density at radius 3 is 2.67 bits per heavy atom. The second-order valence-corrected chi connectivity index (χ2v) is 6.39. The van der Waals surface area contributed by atoms with Crippen molar-refractivity contribution in [3.8, 4) is 0 Å². The molecule has 0 saturated carbocycles. The summed E-state index contributed by atoms with van der Waals surface area (Å²) in [7, 11) is 0. The molecule has 2 heterocycles. The van der Waals surface area contributed by atoms with Gasteiger partial charge in [-0.05, 0) is 18.2 Å². The normalized spacial score (nSPS) is 12.1. The average molecular weight is 283 g/mol. The molecule has 0 bridgehead atoms. The number of fused-ring (bicyclic) bond motifs is 1. The molecule has 0 spiro atoms. The Kier molecular flexibility index (Phi) is 3.20. The molecule has 2 aromatic heterocycles. The number of anilines is 1.